The SMILES string of the molecule is Cc1ccc([C@@H]2CC(c3ccccc3F)=NN2C(=O)CN2CCN(Cc3ccccc3)CC2)c(C)c1. The molecule has 1 amide bonds. The van der Waals surface area contributed by atoms with Crippen molar-refractivity contribution in [2.75, 3.05) is 32.7 Å². The molecule has 1 fully saturated rings. The summed E-state index contributed by atoms with van der Waals surface area (Å²) in [5.41, 5.74) is 5.77. The number of benzene rings is 3. The van der Waals surface area contributed by atoms with Crippen LogP contribution in [0.5, 0.6) is 0 Å². The highest BCUT2D eigenvalue weighted by atomic mass is 19.1. The van der Waals surface area contributed by atoms with E-state index in [1.54, 1.807) is 17.1 Å². The molecular weight excluding hydrogens is 451 g/mol. The van der Waals surface area contributed by atoms with Crippen molar-refractivity contribution in [1.82, 2.24) is 14.8 Å². The van der Waals surface area contributed by atoms with Crippen LogP contribution in [0, 0.1) is 19.7 Å². The van der Waals surface area contributed by atoms with E-state index in [-0.39, 0.29) is 17.8 Å². The molecule has 3 aromatic carbocycles. The summed E-state index contributed by atoms with van der Waals surface area (Å²) in [5.74, 6) is -0.345. The summed E-state index contributed by atoms with van der Waals surface area (Å²) in [4.78, 5) is 18.2. The van der Waals surface area contributed by atoms with Crippen LogP contribution < -0.4 is 0 Å². The van der Waals surface area contributed by atoms with Crippen molar-refractivity contribution in [1.29, 1.82) is 0 Å². The highest BCUT2D eigenvalue weighted by Gasteiger charge is 2.35. The zero-order chi connectivity index (χ0) is 25.1. The predicted octanol–water partition coefficient (Wildman–Crippen LogP) is 4.94. The van der Waals surface area contributed by atoms with E-state index in [2.05, 4.69) is 66.1 Å². The number of hydrazone groups is 1. The van der Waals surface area contributed by atoms with Gasteiger partial charge in [0.15, 0.2) is 0 Å². The van der Waals surface area contributed by atoms with Gasteiger partial charge in [0.1, 0.15) is 5.82 Å². The molecule has 1 saturated heterocycles. The van der Waals surface area contributed by atoms with Gasteiger partial charge in [-0.05, 0) is 36.6 Å². The summed E-state index contributed by atoms with van der Waals surface area (Å²) >= 11 is 0. The van der Waals surface area contributed by atoms with Crippen molar-refractivity contribution < 1.29 is 9.18 Å². The molecule has 0 aliphatic carbocycles. The van der Waals surface area contributed by atoms with Crippen LogP contribution in [0.25, 0.3) is 0 Å². The van der Waals surface area contributed by atoms with Crippen molar-refractivity contribution in [2.45, 2.75) is 32.9 Å². The second kappa shape index (κ2) is 10.7. The van der Waals surface area contributed by atoms with Crippen molar-refractivity contribution in [3.05, 3.63) is 106 Å². The Morgan fingerprint density at radius 1 is 0.917 bits per heavy atom. The molecule has 0 unspecified atom stereocenters. The summed E-state index contributed by atoms with van der Waals surface area (Å²) in [6.45, 7) is 8.90. The van der Waals surface area contributed by atoms with E-state index < -0.39 is 0 Å². The molecule has 186 valence electrons. The molecule has 0 radical (unpaired) electrons. The molecule has 2 heterocycles. The first-order valence-electron chi connectivity index (χ1n) is 12.7. The molecule has 2 aliphatic heterocycles. The second-order valence-electron chi connectivity index (χ2n) is 9.88. The van der Waals surface area contributed by atoms with Crippen molar-refractivity contribution in [2.24, 2.45) is 5.10 Å². The van der Waals surface area contributed by atoms with Crippen molar-refractivity contribution >= 4 is 11.6 Å². The van der Waals surface area contributed by atoms with Gasteiger partial charge in [-0.25, -0.2) is 9.40 Å². The van der Waals surface area contributed by atoms with Crippen molar-refractivity contribution in [3.8, 4) is 0 Å². The molecule has 5 nitrogen and oxygen atoms in total. The summed E-state index contributed by atoms with van der Waals surface area (Å²) in [6.07, 6.45) is 0.501. The van der Waals surface area contributed by atoms with Crippen LogP contribution in [0.15, 0.2) is 77.9 Å². The highest BCUT2D eigenvalue weighted by Crippen LogP contribution is 2.35. The smallest absolute Gasteiger partial charge is 0.257 e. The number of hydrogen-bond acceptors (Lipinski definition) is 4. The molecule has 5 rings (SSSR count). The third kappa shape index (κ3) is 5.40. The first-order chi connectivity index (χ1) is 17.5. The number of carbonyl (C=O) groups is 1. The molecule has 0 bridgehead atoms. The van der Waals surface area contributed by atoms with Gasteiger partial charge >= 0.3 is 0 Å². The number of amides is 1. The largest absolute Gasteiger partial charge is 0.297 e. The predicted molar refractivity (Wildman–Crippen MR) is 141 cm³/mol. The molecule has 0 spiro atoms. The number of aryl methyl sites for hydroxylation is 2. The lowest BCUT2D eigenvalue weighted by Crippen LogP contribution is -2.49. The summed E-state index contributed by atoms with van der Waals surface area (Å²) in [7, 11) is 0. The molecule has 0 N–H and O–H groups in total. The van der Waals surface area contributed by atoms with E-state index in [0.717, 1.165) is 43.9 Å². The fourth-order valence-corrected chi connectivity index (χ4v) is 5.25. The highest BCUT2D eigenvalue weighted by molar-refractivity contribution is 6.03. The Kier molecular flexibility index (Phi) is 7.25. The summed E-state index contributed by atoms with van der Waals surface area (Å²) < 4.78 is 14.6. The van der Waals surface area contributed by atoms with Crippen LogP contribution in [0.3, 0.4) is 0 Å². The van der Waals surface area contributed by atoms with E-state index >= 15 is 0 Å². The maximum Gasteiger partial charge on any atom is 0.257 e. The van der Waals surface area contributed by atoms with Gasteiger partial charge in [-0.15, -0.1) is 0 Å². The third-order valence-corrected chi connectivity index (χ3v) is 7.21. The molecule has 36 heavy (non-hydrogen) atoms. The number of piperazine rings is 1. The average molecular weight is 485 g/mol. The topological polar surface area (TPSA) is 39.2 Å². The van der Waals surface area contributed by atoms with Gasteiger partial charge in [0, 0.05) is 44.7 Å². The van der Waals surface area contributed by atoms with Gasteiger partial charge in [0.05, 0.1) is 18.3 Å². The van der Waals surface area contributed by atoms with E-state index in [9.17, 15) is 9.18 Å². The Labute approximate surface area is 212 Å². The molecule has 6 heteroatoms. The minimum atomic E-state index is -0.306. The van der Waals surface area contributed by atoms with Crippen LogP contribution in [0.4, 0.5) is 4.39 Å². The molecule has 2 aliphatic rings. The van der Waals surface area contributed by atoms with E-state index in [0.29, 0.717) is 24.2 Å². The van der Waals surface area contributed by atoms with Crippen LogP contribution in [0.2, 0.25) is 0 Å². The Morgan fingerprint density at radius 3 is 2.33 bits per heavy atom. The van der Waals surface area contributed by atoms with Gasteiger partial charge < -0.3 is 0 Å². The average Bonchev–Trinajstić information content (AvgIpc) is 3.31. The zero-order valence-electron chi connectivity index (χ0n) is 21.0. The number of hydrogen-bond donors (Lipinski definition) is 0. The Balaban J connectivity index is 1.30. The fraction of sp³-hybridized carbons (Fsp3) is 0.333. The van der Waals surface area contributed by atoms with Crippen LogP contribution >= 0.6 is 0 Å². The Bertz CT molecular complexity index is 1250. The second-order valence-corrected chi connectivity index (χ2v) is 9.88. The molecule has 3 aromatic rings. The monoisotopic (exact) mass is 484 g/mol. The van der Waals surface area contributed by atoms with E-state index in [1.807, 2.05) is 12.1 Å². The van der Waals surface area contributed by atoms with Gasteiger partial charge in [0.25, 0.3) is 5.91 Å². The third-order valence-electron chi connectivity index (χ3n) is 7.21. The van der Waals surface area contributed by atoms with E-state index in [4.69, 9.17) is 5.10 Å². The number of nitrogens with zero attached hydrogens (tertiary/aromatic N) is 4. The first-order valence-corrected chi connectivity index (χ1v) is 12.7. The van der Waals surface area contributed by atoms with Gasteiger partial charge in [0.2, 0.25) is 0 Å². The number of halogens is 1. The molecule has 0 saturated carbocycles. The van der Waals surface area contributed by atoms with Crippen LogP contribution in [-0.2, 0) is 11.3 Å². The standard InChI is InChI=1S/C30H33FN4O/c1-22-12-13-25(23(2)18-22)29-19-28(26-10-6-7-11-27(26)31)32-35(29)30(36)21-34-16-14-33(15-17-34)20-24-8-4-3-5-9-24/h3-13,18,29H,14-17,19-21H2,1-2H3/t29-/m0/s1. The molecular formula is C30H33FN4O. The molecule has 1 atom stereocenters. The normalized spacial score (nSPS) is 18.9. The minimum Gasteiger partial charge on any atom is -0.297 e. The Hall–Kier alpha value is -3.35. The molecule has 0 aromatic heterocycles. The van der Waals surface area contributed by atoms with Gasteiger partial charge in [-0.2, -0.15) is 5.10 Å². The maximum absolute atomic E-state index is 14.6. The lowest BCUT2D eigenvalue weighted by atomic mass is 9.94. The first kappa shape index (κ1) is 24.3. The number of carbonyl (C=O) groups excluding carboxylic acids is 1. The maximum atomic E-state index is 14.6. The zero-order valence-corrected chi connectivity index (χ0v) is 21.0. The summed E-state index contributed by atoms with van der Waals surface area (Å²) in [5, 5.41) is 6.31. The van der Waals surface area contributed by atoms with Crippen LogP contribution in [0.1, 0.15) is 40.3 Å². The van der Waals surface area contributed by atoms with Gasteiger partial charge in [-0.3, -0.25) is 14.6 Å². The van der Waals surface area contributed by atoms with Gasteiger partial charge in [-0.1, -0.05) is 72.3 Å². The lowest BCUT2D eigenvalue weighted by molar-refractivity contribution is -0.134. The Morgan fingerprint density at radius 2 is 1.61 bits per heavy atom. The van der Waals surface area contributed by atoms with E-state index in [1.165, 1.54) is 17.2 Å². The van der Waals surface area contributed by atoms with Crippen LogP contribution in [-0.4, -0.2) is 59.2 Å². The fourth-order valence-electron chi connectivity index (χ4n) is 5.25. The van der Waals surface area contributed by atoms with Crippen molar-refractivity contribution in [3.63, 3.8) is 0 Å². The minimum absolute atomic E-state index is 0.0391. The lowest BCUT2D eigenvalue weighted by Gasteiger charge is -2.35. The number of rotatable bonds is 6. The quantitative estimate of drug-likeness (QED) is 0.498. The summed E-state index contributed by atoms with van der Waals surface area (Å²) in [6, 6.07) is 23.2.